The first-order valence-electron chi connectivity index (χ1n) is 9.22. The molecular formula is C24H23ClO2S. The minimum Gasteiger partial charge on any atom is -0.468 e. The number of hydrogen-bond acceptors (Lipinski definition) is 3. The SMILES string of the molecule is COC(=O)CSCc1ccc(Cl)c(CCc2ccc(-c3ccccc3)cc2)c1. The molecule has 0 amide bonds. The second kappa shape index (κ2) is 10.4. The van der Waals surface area contributed by atoms with Crippen LogP contribution in [0.25, 0.3) is 11.1 Å². The summed E-state index contributed by atoms with van der Waals surface area (Å²) in [6, 6.07) is 25.2. The summed E-state index contributed by atoms with van der Waals surface area (Å²) in [6.45, 7) is 0. The molecule has 0 aliphatic rings. The molecule has 28 heavy (non-hydrogen) atoms. The van der Waals surface area contributed by atoms with Gasteiger partial charge < -0.3 is 4.74 Å². The highest BCUT2D eigenvalue weighted by Gasteiger charge is 2.06. The van der Waals surface area contributed by atoms with E-state index < -0.39 is 0 Å². The minimum atomic E-state index is -0.196. The van der Waals surface area contributed by atoms with Gasteiger partial charge in [-0.1, -0.05) is 78.3 Å². The van der Waals surface area contributed by atoms with Gasteiger partial charge in [-0.25, -0.2) is 0 Å². The Balaban J connectivity index is 1.59. The number of benzene rings is 3. The van der Waals surface area contributed by atoms with Crippen molar-refractivity contribution in [2.24, 2.45) is 0 Å². The normalized spacial score (nSPS) is 10.6. The summed E-state index contributed by atoms with van der Waals surface area (Å²) in [5.41, 5.74) is 6.07. The Kier molecular flexibility index (Phi) is 7.58. The van der Waals surface area contributed by atoms with Crippen LogP contribution in [-0.4, -0.2) is 18.8 Å². The van der Waals surface area contributed by atoms with E-state index in [1.165, 1.54) is 29.4 Å². The van der Waals surface area contributed by atoms with Gasteiger partial charge >= 0.3 is 5.97 Å². The lowest BCUT2D eigenvalue weighted by Crippen LogP contribution is -2.03. The molecule has 3 rings (SSSR count). The van der Waals surface area contributed by atoms with Crippen LogP contribution in [0.1, 0.15) is 16.7 Å². The molecule has 3 aromatic carbocycles. The maximum Gasteiger partial charge on any atom is 0.315 e. The molecule has 144 valence electrons. The third kappa shape index (κ3) is 5.88. The van der Waals surface area contributed by atoms with E-state index in [9.17, 15) is 4.79 Å². The molecule has 0 heterocycles. The van der Waals surface area contributed by atoms with Crippen LogP contribution in [0.4, 0.5) is 0 Å². The van der Waals surface area contributed by atoms with E-state index >= 15 is 0 Å². The van der Waals surface area contributed by atoms with Gasteiger partial charge in [0, 0.05) is 10.8 Å². The number of carbonyl (C=O) groups excluding carboxylic acids is 1. The first kappa shape index (κ1) is 20.5. The highest BCUT2D eigenvalue weighted by Crippen LogP contribution is 2.24. The smallest absolute Gasteiger partial charge is 0.315 e. The van der Waals surface area contributed by atoms with Crippen LogP contribution in [-0.2, 0) is 28.1 Å². The molecule has 0 fully saturated rings. The van der Waals surface area contributed by atoms with Crippen LogP contribution in [0.5, 0.6) is 0 Å². The molecule has 0 aliphatic heterocycles. The maximum absolute atomic E-state index is 11.2. The Bertz CT molecular complexity index is 908. The van der Waals surface area contributed by atoms with Crippen molar-refractivity contribution in [2.75, 3.05) is 12.9 Å². The van der Waals surface area contributed by atoms with Crippen LogP contribution >= 0.6 is 23.4 Å². The Morgan fingerprint density at radius 1 is 0.893 bits per heavy atom. The van der Waals surface area contributed by atoms with Crippen LogP contribution in [0, 0.1) is 0 Å². The summed E-state index contributed by atoms with van der Waals surface area (Å²) in [7, 11) is 1.41. The molecule has 4 heteroatoms. The molecule has 0 N–H and O–H groups in total. The summed E-state index contributed by atoms with van der Waals surface area (Å²) in [6.07, 6.45) is 1.83. The van der Waals surface area contributed by atoms with E-state index in [0.29, 0.717) is 5.75 Å². The summed E-state index contributed by atoms with van der Waals surface area (Å²) in [5.74, 6) is 0.936. The van der Waals surface area contributed by atoms with E-state index in [1.54, 1.807) is 11.8 Å². The summed E-state index contributed by atoms with van der Waals surface area (Å²) in [5, 5.41) is 0.794. The van der Waals surface area contributed by atoms with Crippen molar-refractivity contribution in [3.63, 3.8) is 0 Å². The number of hydrogen-bond donors (Lipinski definition) is 0. The van der Waals surface area contributed by atoms with Crippen molar-refractivity contribution in [3.05, 3.63) is 94.5 Å². The van der Waals surface area contributed by atoms with Gasteiger partial charge in [0.05, 0.1) is 12.9 Å². The van der Waals surface area contributed by atoms with Gasteiger partial charge in [-0.3, -0.25) is 4.79 Å². The van der Waals surface area contributed by atoms with Gasteiger partial charge in [-0.05, 0) is 46.7 Å². The van der Waals surface area contributed by atoms with E-state index in [2.05, 4.69) is 59.3 Å². The van der Waals surface area contributed by atoms with Crippen LogP contribution in [0.3, 0.4) is 0 Å². The molecule has 0 spiro atoms. The zero-order valence-electron chi connectivity index (χ0n) is 15.9. The number of rotatable bonds is 8. The lowest BCUT2D eigenvalue weighted by Gasteiger charge is -2.09. The van der Waals surface area contributed by atoms with Gasteiger partial charge in [0.15, 0.2) is 0 Å². The topological polar surface area (TPSA) is 26.3 Å². The first-order valence-corrected chi connectivity index (χ1v) is 10.7. The zero-order chi connectivity index (χ0) is 19.8. The molecule has 0 radical (unpaired) electrons. The standard InChI is InChI=1S/C24H23ClO2S/c1-27-24(26)17-28-16-19-10-14-23(25)22(15-19)13-9-18-7-11-21(12-8-18)20-5-3-2-4-6-20/h2-8,10-12,14-15H,9,13,16-17H2,1H3. The highest BCUT2D eigenvalue weighted by molar-refractivity contribution is 7.99. The number of thioether (sulfide) groups is 1. The summed E-state index contributed by atoms with van der Waals surface area (Å²) in [4.78, 5) is 11.2. The quantitative estimate of drug-likeness (QED) is 0.413. The van der Waals surface area contributed by atoms with Gasteiger partial charge in [0.2, 0.25) is 0 Å². The fraction of sp³-hybridized carbons (Fsp3) is 0.208. The molecule has 3 aromatic rings. The molecule has 2 nitrogen and oxygen atoms in total. The Morgan fingerprint density at radius 3 is 2.29 bits per heavy atom. The lowest BCUT2D eigenvalue weighted by atomic mass is 10.00. The lowest BCUT2D eigenvalue weighted by molar-refractivity contribution is -0.137. The van der Waals surface area contributed by atoms with Crippen molar-refractivity contribution in [3.8, 4) is 11.1 Å². The number of halogens is 1. The highest BCUT2D eigenvalue weighted by atomic mass is 35.5. The Morgan fingerprint density at radius 2 is 1.57 bits per heavy atom. The molecule has 0 unspecified atom stereocenters. The Hall–Kier alpha value is -2.23. The number of aryl methyl sites for hydroxylation is 2. The number of ether oxygens (including phenoxy) is 1. The number of esters is 1. The third-order valence-corrected chi connectivity index (χ3v) is 5.92. The molecule has 0 saturated carbocycles. The van der Waals surface area contributed by atoms with Crippen LogP contribution in [0.2, 0.25) is 5.02 Å². The third-order valence-electron chi connectivity index (χ3n) is 4.57. The second-order valence-corrected chi connectivity index (χ2v) is 7.95. The molecule has 0 aromatic heterocycles. The van der Waals surface area contributed by atoms with Gasteiger partial charge in [-0.15, -0.1) is 11.8 Å². The zero-order valence-corrected chi connectivity index (χ0v) is 17.4. The molecule has 0 bridgehead atoms. The van der Waals surface area contributed by atoms with Crippen molar-refractivity contribution in [1.29, 1.82) is 0 Å². The van der Waals surface area contributed by atoms with Crippen molar-refractivity contribution in [2.45, 2.75) is 18.6 Å². The average molecular weight is 411 g/mol. The summed E-state index contributed by atoms with van der Waals surface area (Å²) >= 11 is 7.94. The Labute approximate surface area is 175 Å². The van der Waals surface area contributed by atoms with Gasteiger partial charge in [0.25, 0.3) is 0 Å². The fourth-order valence-electron chi connectivity index (χ4n) is 2.99. The minimum absolute atomic E-state index is 0.196. The van der Waals surface area contributed by atoms with E-state index in [0.717, 1.165) is 29.2 Å². The van der Waals surface area contributed by atoms with Crippen molar-refractivity contribution >= 4 is 29.3 Å². The largest absolute Gasteiger partial charge is 0.468 e. The van der Waals surface area contributed by atoms with Crippen molar-refractivity contribution < 1.29 is 9.53 Å². The maximum atomic E-state index is 11.2. The average Bonchev–Trinajstić information content (AvgIpc) is 2.74. The van der Waals surface area contributed by atoms with E-state index in [4.69, 9.17) is 11.6 Å². The predicted molar refractivity (Wildman–Crippen MR) is 119 cm³/mol. The monoisotopic (exact) mass is 410 g/mol. The molecular weight excluding hydrogens is 388 g/mol. The van der Waals surface area contributed by atoms with Crippen LogP contribution < -0.4 is 0 Å². The number of carbonyl (C=O) groups is 1. The summed E-state index contributed by atoms with van der Waals surface area (Å²) < 4.78 is 4.67. The molecule has 0 aliphatic carbocycles. The van der Waals surface area contributed by atoms with E-state index in [-0.39, 0.29) is 5.97 Å². The van der Waals surface area contributed by atoms with Crippen LogP contribution in [0.15, 0.2) is 72.8 Å². The number of methoxy groups -OCH3 is 1. The fourth-order valence-corrected chi connectivity index (χ4v) is 4.01. The molecule has 0 atom stereocenters. The van der Waals surface area contributed by atoms with E-state index in [1.807, 2.05) is 18.2 Å². The molecule has 0 saturated heterocycles. The first-order chi connectivity index (χ1) is 13.7. The predicted octanol–water partition coefficient (Wildman–Crippen LogP) is 6.20. The van der Waals surface area contributed by atoms with Gasteiger partial charge in [-0.2, -0.15) is 0 Å². The second-order valence-electron chi connectivity index (χ2n) is 6.56. The van der Waals surface area contributed by atoms with Gasteiger partial charge in [0.1, 0.15) is 0 Å². The van der Waals surface area contributed by atoms with Crippen molar-refractivity contribution in [1.82, 2.24) is 0 Å².